The van der Waals surface area contributed by atoms with Gasteiger partial charge in [-0.25, -0.2) is 4.90 Å². The van der Waals surface area contributed by atoms with E-state index in [1.807, 2.05) is 0 Å². The molecule has 2 aromatic carbocycles. The Morgan fingerprint density at radius 1 is 1.07 bits per heavy atom. The van der Waals surface area contributed by atoms with Gasteiger partial charge >= 0.3 is 0 Å². The number of amides is 3. The van der Waals surface area contributed by atoms with Crippen molar-refractivity contribution in [2.24, 2.45) is 10.3 Å². The van der Waals surface area contributed by atoms with Crippen molar-refractivity contribution in [3.8, 4) is 0 Å². The van der Waals surface area contributed by atoms with Crippen LogP contribution in [0, 0.1) is 10.1 Å². The molecule has 29 heavy (non-hydrogen) atoms. The maximum absolute atomic E-state index is 12.8. The molecule has 2 aliphatic rings. The molecular formula is C18H14N6O5. The fraction of sp³-hybridized carbons (Fsp3) is 0.167. The topological polar surface area (TPSA) is 138 Å². The first-order chi connectivity index (χ1) is 14.0. The van der Waals surface area contributed by atoms with Crippen molar-refractivity contribution in [3.05, 3.63) is 64.7 Å². The second kappa shape index (κ2) is 7.11. The van der Waals surface area contributed by atoms with Crippen LogP contribution in [0.1, 0.15) is 0 Å². The number of carbonyl (C=O) groups is 3. The first-order valence-electron chi connectivity index (χ1n) is 8.61. The van der Waals surface area contributed by atoms with Crippen molar-refractivity contribution in [2.45, 2.75) is 12.1 Å². The van der Waals surface area contributed by atoms with Crippen LogP contribution in [0.15, 0.2) is 64.9 Å². The fourth-order valence-corrected chi connectivity index (χ4v) is 3.26. The molecule has 0 spiro atoms. The third kappa shape index (κ3) is 3.18. The summed E-state index contributed by atoms with van der Waals surface area (Å²) in [6.45, 7) is -0.391. The summed E-state index contributed by atoms with van der Waals surface area (Å²) >= 11 is 0. The van der Waals surface area contributed by atoms with Crippen LogP contribution >= 0.6 is 0 Å². The van der Waals surface area contributed by atoms with E-state index in [1.54, 1.807) is 36.4 Å². The zero-order valence-corrected chi connectivity index (χ0v) is 14.8. The molecule has 1 fully saturated rings. The van der Waals surface area contributed by atoms with Crippen LogP contribution < -0.4 is 10.2 Å². The van der Waals surface area contributed by atoms with Gasteiger partial charge in [-0.1, -0.05) is 35.6 Å². The van der Waals surface area contributed by atoms with Gasteiger partial charge in [0.15, 0.2) is 12.1 Å². The van der Waals surface area contributed by atoms with Crippen molar-refractivity contribution in [2.75, 3.05) is 16.8 Å². The summed E-state index contributed by atoms with van der Waals surface area (Å²) in [6.07, 6.45) is 0. The van der Waals surface area contributed by atoms with Gasteiger partial charge < -0.3 is 5.32 Å². The molecule has 0 unspecified atom stereocenters. The van der Waals surface area contributed by atoms with Crippen LogP contribution in [0.25, 0.3) is 0 Å². The minimum Gasteiger partial charge on any atom is -0.319 e. The predicted molar refractivity (Wildman–Crippen MR) is 99.8 cm³/mol. The molecule has 2 atom stereocenters. The van der Waals surface area contributed by atoms with Gasteiger partial charge in [-0.2, -0.15) is 5.11 Å². The summed E-state index contributed by atoms with van der Waals surface area (Å²) in [5.74, 6) is -1.68. The van der Waals surface area contributed by atoms with Gasteiger partial charge in [-0.05, 0) is 18.2 Å². The summed E-state index contributed by atoms with van der Waals surface area (Å²) < 4.78 is 0. The van der Waals surface area contributed by atoms with Crippen molar-refractivity contribution in [1.82, 2.24) is 5.01 Å². The van der Waals surface area contributed by atoms with E-state index in [9.17, 15) is 24.5 Å². The lowest BCUT2D eigenvalue weighted by molar-refractivity contribution is -0.383. The van der Waals surface area contributed by atoms with Crippen LogP contribution in [0.2, 0.25) is 0 Å². The number of hydrogen-bond acceptors (Lipinski definition) is 8. The van der Waals surface area contributed by atoms with Crippen LogP contribution in [-0.2, 0) is 14.4 Å². The number of carbonyl (C=O) groups excluding carboxylic acids is 3. The molecule has 11 nitrogen and oxygen atoms in total. The molecule has 0 aliphatic carbocycles. The molecule has 2 aliphatic heterocycles. The summed E-state index contributed by atoms with van der Waals surface area (Å²) in [5.41, 5.74) is 0.176. The Kier molecular flexibility index (Phi) is 4.47. The Balaban J connectivity index is 1.50. The van der Waals surface area contributed by atoms with E-state index in [4.69, 9.17) is 0 Å². The maximum Gasteiger partial charge on any atom is 0.292 e. The summed E-state index contributed by atoms with van der Waals surface area (Å²) in [6, 6.07) is 12.0. The van der Waals surface area contributed by atoms with Crippen molar-refractivity contribution in [3.63, 3.8) is 0 Å². The van der Waals surface area contributed by atoms with Gasteiger partial charge in [0.05, 0.1) is 10.6 Å². The third-order valence-electron chi connectivity index (χ3n) is 4.55. The Hall–Kier alpha value is -4.15. The van der Waals surface area contributed by atoms with Crippen molar-refractivity contribution < 1.29 is 19.3 Å². The minimum atomic E-state index is -1.03. The third-order valence-corrected chi connectivity index (χ3v) is 4.55. The van der Waals surface area contributed by atoms with Gasteiger partial charge in [0, 0.05) is 6.07 Å². The first kappa shape index (κ1) is 18.2. The molecule has 2 heterocycles. The number of hydrogen-bond donors (Lipinski definition) is 1. The lowest BCUT2D eigenvalue weighted by Gasteiger charge is -2.20. The number of nitro groups is 1. The lowest BCUT2D eigenvalue weighted by atomic mass is 10.1. The Bertz CT molecular complexity index is 1040. The number of imide groups is 1. The molecule has 0 saturated carbocycles. The van der Waals surface area contributed by atoms with Gasteiger partial charge in [0.25, 0.3) is 17.5 Å². The Labute approximate surface area is 163 Å². The van der Waals surface area contributed by atoms with E-state index in [2.05, 4.69) is 15.7 Å². The van der Waals surface area contributed by atoms with Crippen LogP contribution in [0.5, 0.6) is 0 Å². The molecule has 3 amide bonds. The molecule has 4 rings (SSSR count). The van der Waals surface area contributed by atoms with Crippen LogP contribution in [-0.4, -0.2) is 46.3 Å². The zero-order valence-electron chi connectivity index (χ0n) is 14.8. The van der Waals surface area contributed by atoms with E-state index in [0.717, 1.165) is 9.91 Å². The molecule has 11 heteroatoms. The molecule has 0 bridgehead atoms. The summed E-state index contributed by atoms with van der Waals surface area (Å²) in [4.78, 5) is 49.3. The summed E-state index contributed by atoms with van der Waals surface area (Å²) in [7, 11) is 0. The van der Waals surface area contributed by atoms with Gasteiger partial charge in [0.2, 0.25) is 5.91 Å². The molecule has 0 radical (unpaired) electrons. The molecule has 146 valence electrons. The number of rotatable bonds is 5. The lowest BCUT2D eigenvalue weighted by Crippen LogP contribution is -2.43. The molecule has 2 aromatic rings. The zero-order chi connectivity index (χ0) is 20.5. The fourth-order valence-electron chi connectivity index (χ4n) is 3.26. The van der Waals surface area contributed by atoms with Crippen molar-refractivity contribution in [1.29, 1.82) is 0 Å². The highest BCUT2D eigenvalue weighted by Gasteiger charge is 2.55. The van der Waals surface area contributed by atoms with E-state index in [-0.39, 0.29) is 11.4 Å². The van der Waals surface area contributed by atoms with Crippen molar-refractivity contribution >= 4 is 34.8 Å². The largest absolute Gasteiger partial charge is 0.319 e. The standard InChI is InChI=1S/C18H14N6O5/c25-14(19-12-8-4-5-9-13(12)24(28)29)10-22-16-15(20-21-22)17(26)23(18(16)27)11-6-2-1-3-7-11/h1-9,15-16H,10H2,(H,19,25)/t15-,16-/m0/s1. The van der Waals surface area contributed by atoms with Gasteiger partial charge in [0.1, 0.15) is 12.2 Å². The van der Waals surface area contributed by atoms with Crippen LogP contribution in [0.4, 0.5) is 17.1 Å². The average molecular weight is 394 g/mol. The number of fused-ring (bicyclic) bond motifs is 1. The minimum absolute atomic E-state index is 0.0231. The van der Waals surface area contributed by atoms with E-state index < -0.39 is 41.3 Å². The highest BCUT2D eigenvalue weighted by molar-refractivity contribution is 6.25. The van der Waals surface area contributed by atoms with Gasteiger partial charge in [-0.15, -0.1) is 0 Å². The molecule has 1 N–H and O–H groups in total. The SMILES string of the molecule is O=C(CN1N=N[C@@H]2C(=O)N(c3ccccc3)C(=O)[C@H]21)Nc1ccccc1[N+](=O)[O-]. The molecular weight excluding hydrogens is 380 g/mol. The Morgan fingerprint density at radius 3 is 2.48 bits per heavy atom. The predicted octanol–water partition coefficient (Wildman–Crippen LogP) is 1.53. The second-order valence-corrected chi connectivity index (χ2v) is 6.36. The van der Waals surface area contributed by atoms with E-state index in [1.165, 1.54) is 18.2 Å². The molecule has 1 saturated heterocycles. The highest BCUT2D eigenvalue weighted by Crippen LogP contribution is 2.31. The number of anilines is 2. The normalized spacial score (nSPS) is 20.1. The monoisotopic (exact) mass is 394 g/mol. The number of para-hydroxylation sites is 3. The Morgan fingerprint density at radius 2 is 1.76 bits per heavy atom. The van der Waals surface area contributed by atoms with Gasteiger partial charge in [-0.3, -0.25) is 29.5 Å². The van der Waals surface area contributed by atoms with Crippen LogP contribution in [0.3, 0.4) is 0 Å². The smallest absolute Gasteiger partial charge is 0.292 e. The number of nitrogens with zero attached hydrogens (tertiary/aromatic N) is 5. The van der Waals surface area contributed by atoms with E-state index in [0.29, 0.717) is 5.69 Å². The van der Waals surface area contributed by atoms with E-state index >= 15 is 0 Å². The quantitative estimate of drug-likeness (QED) is 0.464. The number of benzene rings is 2. The number of nitro benzene ring substituents is 1. The first-order valence-corrected chi connectivity index (χ1v) is 8.61. The second-order valence-electron chi connectivity index (χ2n) is 6.36. The highest BCUT2D eigenvalue weighted by atomic mass is 16.6. The average Bonchev–Trinajstić information content (AvgIpc) is 3.22. The maximum atomic E-state index is 12.8. The summed E-state index contributed by atoms with van der Waals surface area (Å²) in [5, 5.41) is 22.3. The number of nitrogens with one attached hydrogen (secondary N) is 1. The molecule has 0 aromatic heterocycles.